The summed E-state index contributed by atoms with van der Waals surface area (Å²) in [6.45, 7) is 0. The lowest BCUT2D eigenvalue weighted by molar-refractivity contribution is 0.448. The Labute approximate surface area is 121 Å². The van der Waals surface area contributed by atoms with Crippen molar-refractivity contribution in [1.29, 1.82) is 0 Å². The minimum Gasteiger partial charge on any atom is -0.452 e. The van der Waals surface area contributed by atoms with Crippen LogP contribution in [0.3, 0.4) is 0 Å². The zero-order chi connectivity index (χ0) is 13.1. The Balaban J connectivity index is 1.78. The Bertz CT molecular complexity index is 538. The first kappa shape index (κ1) is 12.9. The molecule has 100 valence electrons. The number of nitrogens with zero attached hydrogens (tertiary/aromatic N) is 2. The van der Waals surface area contributed by atoms with Gasteiger partial charge in [-0.2, -0.15) is 16.9 Å². The molecular weight excluding hydrogens is 280 g/mol. The van der Waals surface area contributed by atoms with E-state index in [1.54, 1.807) is 6.20 Å². The van der Waals surface area contributed by atoms with Gasteiger partial charge >= 0.3 is 0 Å². The average molecular weight is 295 g/mol. The SMILES string of the molecule is Clc1c(Oc2ccccc2)cnn1C1CCCSC1. The van der Waals surface area contributed by atoms with Gasteiger partial charge in [0.05, 0.1) is 12.2 Å². The van der Waals surface area contributed by atoms with E-state index in [1.807, 2.05) is 46.8 Å². The molecule has 0 aliphatic carbocycles. The lowest BCUT2D eigenvalue weighted by atomic mass is 10.2. The van der Waals surface area contributed by atoms with Gasteiger partial charge in [0.15, 0.2) is 10.9 Å². The van der Waals surface area contributed by atoms with Crippen molar-refractivity contribution in [2.75, 3.05) is 11.5 Å². The van der Waals surface area contributed by atoms with Crippen molar-refractivity contribution in [3.8, 4) is 11.5 Å². The van der Waals surface area contributed by atoms with Gasteiger partial charge in [0.1, 0.15) is 5.75 Å². The minimum absolute atomic E-state index is 0.388. The highest BCUT2D eigenvalue weighted by Crippen LogP contribution is 2.34. The van der Waals surface area contributed by atoms with E-state index in [2.05, 4.69) is 5.10 Å². The molecule has 1 unspecified atom stereocenters. The number of ether oxygens (including phenoxy) is 1. The van der Waals surface area contributed by atoms with Gasteiger partial charge in [-0.15, -0.1) is 0 Å². The maximum Gasteiger partial charge on any atom is 0.184 e. The fraction of sp³-hybridized carbons (Fsp3) is 0.357. The first-order chi connectivity index (χ1) is 9.34. The van der Waals surface area contributed by atoms with E-state index in [0.717, 1.165) is 17.9 Å². The zero-order valence-electron chi connectivity index (χ0n) is 10.5. The Morgan fingerprint density at radius 2 is 2.16 bits per heavy atom. The highest BCUT2D eigenvalue weighted by Gasteiger charge is 2.21. The normalized spacial score (nSPS) is 19.3. The molecule has 1 aromatic carbocycles. The third-order valence-electron chi connectivity index (χ3n) is 3.16. The molecule has 1 saturated heterocycles. The van der Waals surface area contributed by atoms with Crippen molar-refractivity contribution in [1.82, 2.24) is 9.78 Å². The molecule has 1 aromatic heterocycles. The first-order valence-electron chi connectivity index (χ1n) is 6.38. The summed E-state index contributed by atoms with van der Waals surface area (Å²) in [5, 5.41) is 4.98. The van der Waals surface area contributed by atoms with E-state index in [-0.39, 0.29) is 0 Å². The van der Waals surface area contributed by atoms with Crippen molar-refractivity contribution in [3.05, 3.63) is 41.7 Å². The number of hydrogen-bond acceptors (Lipinski definition) is 3. The molecule has 2 aromatic rings. The van der Waals surface area contributed by atoms with Gasteiger partial charge in [-0.1, -0.05) is 29.8 Å². The fourth-order valence-corrected chi connectivity index (χ4v) is 3.57. The summed E-state index contributed by atoms with van der Waals surface area (Å²) >= 11 is 8.33. The van der Waals surface area contributed by atoms with Gasteiger partial charge in [-0.3, -0.25) is 0 Å². The molecule has 0 saturated carbocycles. The third kappa shape index (κ3) is 2.90. The molecule has 1 aliphatic rings. The van der Waals surface area contributed by atoms with Gasteiger partial charge in [-0.25, -0.2) is 4.68 Å². The van der Waals surface area contributed by atoms with E-state index in [9.17, 15) is 0 Å². The Hall–Kier alpha value is -1.13. The fourth-order valence-electron chi connectivity index (χ4n) is 2.19. The van der Waals surface area contributed by atoms with Crippen LogP contribution in [0.2, 0.25) is 5.15 Å². The van der Waals surface area contributed by atoms with Gasteiger partial charge in [0.25, 0.3) is 0 Å². The summed E-state index contributed by atoms with van der Waals surface area (Å²) in [6.07, 6.45) is 4.06. The number of para-hydroxylation sites is 1. The second-order valence-corrected chi connectivity index (χ2v) is 6.04. The lowest BCUT2D eigenvalue weighted by Gasteiger charge is -2.22. The van der Waals surface area contributed by atoms with Gasteiger partial charge in [-0.05, 0) is 30.7 Å². The smallest absolute Gasteiger partial charge is 0.184 e. The Morgan fingerprint density at radius 1 is 1.32 bits per heavy atom. The molecule has 0 spiro atoms. The summed E-state index contributed by atoms with van der Waals surface area (Å²) in [4.78, 5) is 0. The summed E-state index contributed by atoms with van der Waals surface area (Å²) in [5.41, 5.74) is 0. The summed E-state index contributed by atoms with van der Waals surface area (Å²) in [6, 6.07) is 10.0. The molecule has 0 amide bonds. The van der Waals surface area contributed by atoms with Crippen LogP contribution < -0.4 is 4.74 Å². The predicted octanol–water partition coefficient (Wildman–Crippen LogP) is 4.40. The van der Waals surface area contributed by atoms with Crippen molar-refractivity contribution >= 4 is 23.4 Å². The lowest BCUT2D eigenvalue weighted by Crippen LogP contribution is -2.17. The van der Waals surface area contributed by atoms with E-state index in [1.165, 1.54) is 12.2 Å². The number of rotatable bonds is 3. The van der Waals surface area contributed by atoms with Crippen LogP contribution in [-0.2, 0) is 0 Å². The van der Waals surface area contributed by atoms with E-state index in [4.69, 9.17) is 16.3 Å². The maximum absolute atomic E-state index is 6.37. The van der Waals surface area contributed by atoms with Crippen molar-refractivity contribution < 1.29 is 4.74 Å². The number of hydrogen-bond donors (Lipinski definition) is 0. The highest BCUT2D eigenvalue weighted by molar-refractivity contribution is 7.99. The molecule has 0 N–H and O–H groups in total. The molecule has 5 heteroatoms. The topological polar surface area (TPSA) is 27.1 Å². The second kappa shape index (κ2) is 5.88. The Morgan fingerprint density at radius 3 is 2.89 bits per heavy atom. The number of benzene rings is 1. The molecule has 1 atom stereocenters. The summed E-state index contributed by atoms with van der Waals surface area (Å²) < 4.78 is 7.65. The largest absolute Gasteiger partial charge is 0.452 e. The predicted molar refractivity (Wildman–Crippen MR) is 79.3 cm³/mol. The van der Waals surface area contributed by atoms with Crippen LogP contribution in [0.15, 0.2) is 36.5 Å². The van der Waals surface area contributed by atoms with Gasteiger partial charge in [0.2, 0.25) is 0 Å². The molecule has 1 aliphatic heterocycles. The Kier molecular flexibility index (Phi) is 3.99. The molecular formula is C14H15ClN2OS. The van der Waals surface area contributed by atoms with Crippen LogP contribution in [0.1, 0.15) is 18.9 Å². The van der Waals surface area contributed by atoms with Crippen molar-refractivity contribution in [2.45, 2.75) is 18.9 Å². The molecule has 1 fully saturated rings. The van der Waals surface area contributed by atoms with Gasteiger partial charge < -0.3 is 4.74 Å². The van der Waals surface area contributed by atoms with Crippen molar-refractivity contribution in [2.24, 2.45) is 0 Å². The van der Waals surface area contributed by atoms with Crippen LogP contribution in [-0.4, -0.2) is 21.3 Å². The van der Waals surface area contributed by atoms with Crippen LogP contribution >= 0.6 is 23.4 Å². The minimum atomic E-state index is 0.388. The van der Waals surface area contributed by atoms with Crippen LogP contribution in [0.4, 0.5) is 0 Å². The molecule has 3 rings (SSSR count). The number of thioether (sulfide) groups is 1. The second-order valence-electron chi connectivity index (χ2n) is 4.53. The van der Waals surface area contributed by atoms with Crippen LogP contribution in [0.5, 0.6) is 11.5 Å². The van der Waals surface area contributed by atoms with E-state index >= 15 is 0 Å². The first-order valence-corrected chi connectivity index (χ1v) is 7.91. The monoisotopic (exact) mass is 294 g/mol. The quantitative estimate of drug-likeness (QED) is 0.840. The van der Waals surface area contributed by atoms with E-state index < -0.39 is 0 Å². The molecule has 0 bridgehead atoms. The summed E-state index contributed by atoms with van der Waals surface area (Å²) in [7, 11) is 0. The maximum atomic E-state index is 6.37. The zero-order valence-corrected chi connectivity index (χ0v) is 12.0. The molecule has 19 heavy (non-hydrogen) atoms. The van der Waals surface area contributed by atoms with Crippen LogP contribution in [0.25, 0.3) is 0 Å². The molecule has 0 radical (unpaired) electrons. The number of aromatic nitrogens is 2. The average Bonchev–Trinajstić information content (AvgIpc) is 2.82. The highest BCUT2D eigenvalue weighted by atomic mass is 35.5. The molecule has 3 nitrogen and oxygen atoms in total. The number of halogens is 1. The van der Waals surface area contributed by atoms with Crippen LogP contribution in [0, 0.1) is 0 Å². The standard InChI is InChI=1S/C14H15ClN2OS/c15-14-13(18-12-6-2-1-3-7-12)9-16-17(14)11-5-4-8-19-10-11/h1-3,6-7,9,11H,4-5,8,10H2. The summed E-state index contributed by atoms with van der Waals surface area (Å²) in [5.74, 6) is 3.72. The van der Waals surface area contributed by atoms with Crippen molar-refractivity contribution in [3.63, 3.8) is 0 Å². The van der Waals surface area contributed by atoms with Gasteiger partial charge in [0, 0.05) is 5.75 Å². The molecule has 2 heterocycles. The van der Waals surface area contributed by atoms with E-state index in [0.29, 0.717) is 16.9 Å². The third-order valence-corrected chi connectivity index (χ3v) is 4.71.